The molecule has 4 N–H and O–H groups in total. The van der Waals surface area contributed by atoms with Crippen LogP contribution in [0, 0.1) is 5.92 Å². The molecule has 0 aliphatic heterocycles. The highest BCUT2D eigenvalue weighted by molar-refractivity contribution is 5.98. The Hall–Kier alpha value is -1.39. The largest absolute Gasteiger partial charge is 0.396 e. The molecule has 0 spiro atoms. The third kappa shape index (κ3) is 3.58. The van der Waals surface area contributed by atoms with Crippen LogP contribution in [-0.2, 0) is 11.2 Å². The average molecular weight is 276 g/mol. The smallest absolute Gasteiger partial charge is 0.244 e. The minimum absolute atomic E-state index is 0.0843. The van der Waals surface area contributed by atoms with Gasteiger partial charge in [-0.25, -0.2) is 0 Å². The number of benzene rings is 1. The SMILES string of the molecule is CC1CCCC(N)(C(=O)Nc2ccc(CCO)cc2)C1. The molecule has 1 aromatic rings. The minimum Gasteiger partial charge on any atom is -0.396 e. The van der Waals surface area contributed by atoms with E-state index in [1.54, 1.807) is 0 Å². The number of carbonyl (C=O) groups is 1. The molecule has 1 aromatic carbocycles. The average Bonchev–Trinajstić information content (AvgIpc) is 2.41. The highest BCUT2D eigenvalue weighted by atomic mass is 16.2. The maximum Gasteiger partial charge on any atom is 0.244 e. The Kier molecular flexibility index (Phi) is 4.78. The fourth-order valence-corrected chi connectivity index (χ4v) is 2.94. The van der Waals surface area contributed by atoms with Crippen LogP contribution in [0.2, 0.25) is 0 Å². The molecule has 0 saturated heterocycles. The first-order valence-corrected chi connectivity index (χ1v) is 7.33. The number of hydrogen-bond acceptors (Lipinski definition) is 3. The molecule has 1 aliphatic rings. The van der Waals surface area contributed by atoms with Crippen molar-refractivity contribution in [2.45, 2.75) is 44.6 Å². The Morgan fingerprint density at radius 3 is 2.75 bits per heavy atom. The third-order valence-electron chi connectivity index (χ3n) is 4.10. The highest BCUT2D eigenvalue weighted by Crippen LogP contribution is 2.31. The van der Waals surface area contributed by atoms with Crippen molar-refractivity contribution in [3.8, 4) is 0 Å². The first kappa shape index (κ1) is 15.0. The normalized spacial score (nSPS) is 26.2. The number of amides is 1. The summed E-state index contributed by atoms with van der Waals surface area (Å²) in [6.45, 7) is 2.28. The molecular formula is C16H24N2O2. The van der Waals surface area contributed by atoms with E-state index in [4.69, 9.17) is 10.8 Å². The lowest BCUT2D eigenvalue weighted by molar-refractivity contribution is -0.122. The maximum absolute atomic E-state index is 12.4. The molecule has 1 aliphatic carbocycles. The molecule has 0 heterocycles. The highest BCUT2D eigenvalue weighted by Gasteiger charge is 2.37. The van der Waals surface area contributed by atoms with Crippen LogP contribution in [-0.4, -0.2) is 23.2 Å². The van der Waals surface area contributed by atoms with Crippen LogP contribution in [0.1, 0.15) is 38.2 Å². The molecule has 4 nitrogen and oxygen atoms in total. The van der Waals surface area contributed by atoms with E-state index in [9.17, 15) is 4.79 Å². The van der Waals surface area contributed by atoms with Crippen molar-refractivity contribution in [2.24, 2.45) is 11.7 Å². The van der Waals surface area contributed by atoms with E-state index < -0.39 is 5.54 Å². The van der Waals surface area contributed by atoms with Gasteiger partial charge in [-0.1, -0.05) is 31.9 Å². The van der Waals surface area contributed by atoms with E-state index in [0.29, 0.717) is 12.3 Å². The van der Waals surface area contributed by atoms with Crippen molar-refractivity contribution < 1.29 is 9.90 Å². The van der Waals surface area contributed by atoms with Gasteiger partial charge in [-0.05, 0) is 42.9 Å². The molecule has 110 valence electrons. The number of rotatable bonds is 4. The van der Waals surface area contributed by atoms with Crippen molar-refractivity contribution in [1.29, 1.82) is 0 Å². The Labute approximate surface area is 120 Å². The van der Waals surface area contributed by atoms with E-state index in [1.165, 1.54) is 0 Å². The Bertz CT molecular complexity index is 458. The Morgan fingerprint density at radius 2 is 2.15 bits per heavy atom. The molecule has 2 atom stereocenters. The lowest BCUT2D eigenvalue weighted by Gasteiger charge is -2.35. The molecule has 0 bridgehead atoms. The van der Waals surface area contributed by atoms with E-state index in [-0.39, 0.29) is 12.5 Å². The summed E-state index contributed by atoms with van der Waals surface area (Å²) in [5.41, 5.74) is 7.36. The van der Waals surface area contributed by atoms with Gasteiger partial charge in [0, 0.05) is 12.3 Å². The van der Waals surface area contributed by atoms with Gasteiger partial charge in [0.15, 0.2) is 0 Å². The standard InChI is InChI=1S/C16H24N2O2/c1-12-3-2-9-16(17,11-12)15(20)18-14-6-4-13(5-7-14)8-10-19/h4-7,12,19H,2-3,8-11,17H2,1H3,(H,18,20). The molecule has 0 aromatic heterocycles. The number of aliphatic hydroxyl groups excluding tert-OH is 1. The Morgan fingerprint density at radius 1 is 1.45 bits per heavy atom. The third-order valence-corrected chi connectivity index (χ3v) is 4.10. The summed E-state index contributed by atoms with van der Waals surface area (Å²) in [4.78, 5) is 12.4. The van der Waals surface area contributed by atoms with E-state index in [0.717, 1.165) is 36.9 Å². The molecule has 4 heteroatoms. The lowest BCUT2D eigenvalue weighted by atomic mass is 9.76. The van der Waals surface area contributed by atoms with Gasteiger partial charge in [-0.3, -0.25) is 4.79 Å². The van der Waals surface area contributed by atoms with Crippen LogP contribution in [0.5, 0.6) is 0 Å². The summed E-state index contributed by atoms with van der Waals surface area (Å²) in [5, 5.41) is 11.8. The van der Waals surface area contributed by atoms with Gasteiger partial charge in [0.25, 0.3) is 0 Å². The zero-order valence-electron chi connectivity index (χ0n) is 12.1. The summed E-state index contributed by atoms with van der Waals surface area (Å²) < 4.78 is 0. The van der Waals surface area contributed by atoms with Gasteiger partial charge in [0.2, 0.25) is 5.91 Å². The molecule has 1 saturated carbocycles. The van der Waals surface area contributed by atoms with Crippen LogP contribution in [0.15, 0.2) is 24.3 Å². The van der Waals surface area contributed by atoms with E-state index >= 15 is 0 Å². The zero-order valence-corrected chi connectivity index (χ0v) is 12.1. The van der Waals surface area contributed by atoms with Crippen molar-refractivity contribution in [3.05, 3.63) is 29.8 Å². The summed E-state index contributed by atoms with van der Waals surface area (Å²) in [6.07, 6.45) is 4.31. The van der Waals surface area contributed by atoms with Crippen molar-refractivity contribution in [2.75, 3.05) is 11.9 Å². The fraction of sp³-hybridized carbons (Fsp3) is 0.562. The fourth-order valence-electron chi connectivity index (χ4n) is 2.94. The number of nitrogens with two attached hydrogens (primary N) is 1. The number of nitrogens with one attached hydrogen (secondary N) is 1. The molecule has 2 rings (SSSR count). The number of anilines is 1. The zero-order chi connectivity index (χ0) is 14.6. The second kappa shape index (κ2) is 6.37. The molecule has 0 radical (unpaired) electrons. The molecular weight excluding hydrogens is 252 g/mol. The maximum atomic E-state index is 12.4. The van der Waals surface area contributed by atoms with E-state index in [2.05, 4.69) is 12.2 Å². The first-order valence-electron chi connectivity index (χ1n) is 7.33. The summed E-state index contributed by atoms with van der Waals surface area (Å²) in [6, 6.07) is 7.55. The predicted molar refractivity (Wildman–Crippen MR) is 80.4 cm³/mol. The minimum atomic E-state index is -0.735. The molecule has 2 unspecified atom stereocenters. The summed E-state index contributed by atoms with van der Waals surface area (Å²) in [7, 11) is 0. The molecule has 1 fully saturated rings. The monoisotopic (exact) mass is 276 g/mol. The number of hydrogen-bond donors (Lipinski definition) is 3. The Balaban J connectivity index is 1.99. The van der Waals surface area contributed by atoms with Gasteiger partial charge >= 0.3 is 0 Å². The van der Waals surface area contributed by atoms with Crippen molar-refractivity contribution in [3.63, 3.8) is 0 Å². The van der Waals surface area contributed by atoms with Crippen LogP contribution in [0.25, 0.3) is 0 Å². The lowest BCUT2D eigenvalue weighted by Crippen LogP contribution is -2.53. The molecule has 20 heavy (non-hydrogen) atoms. The van der Waals surface area contributed by atoms with Gasteiger partial charge in [-0.15, -0.1) is 0 Å². The van der Waals surface area contributed by atoms with Crippen LogP contribution in [0.3, 0.4) is 0 Å². The van der Waals surface area contributed by atoms with Gasteiger partial charge in [0.1, 0.15) is 0 Å². The molecule has 1 amide bonds. The van der Waals surface area contributed by atoms with Crippen LogP contribution >= 0.6 is 0 Å². The summed E-state index contributed by atoms with van der Waals surface area (Å²) in [5.74, 6) is 0.422. The second-order valence-corrected chi connectivity index (χ2v) is 5.98. The number of aliphatic hydroxyl groups is 1. The van der Waals surface area contributed by atoms with Crippen LogP contribution in [0.4, 0.5) is 5.69 Å². The second-order valence-electron chi connectivity index (χ2n) is 5.98. The summed E-state index contributed by atoms with van der Waals surface area (Å²) >= 11 is 0. The van der Waals surface area contributed by atoms with Crippen molar-refractivity contribution in [1.82, 2.24) is 0 Å². The van der Waals surface area contributed by atoms with Gasteiger partial charge in [0.05, 0.1) is 5.54 Å². The number of carbonyl (C=O) groups excluding carboxylic acids is 1. The van der Waals surface area contributed by atoms with Gasteiger partial charge < -0.3 is 16.2 Å². The van der Waals surface area contributed by atoms with Gasteiger partial charge in [-0.2, -0.15) is 0 Å². The van der Waals surface area contributed by atoms with Crippen LogP contribution < -0.4 is 11.1 Å². The van der Waals surface area contributed by atoms with Crippen molar-refractivity contribution >= 4 is 11.6 Å². The topological polar surface area (TPSA) is 75.4 Å². The van der Waals surface area contributed by atoms with E-state index in [1.807, 2.05) is 24.3 Å². The first-order chi connectivity index (χ1) is 9.53. The predicted octanol–water partition coefficient (Wildman–Crippen LogP) is 2.07. The quantitative estimate of drug-likeness (QED) is 0.788.